The first kappa shape index (κ1) is 10.7. The van der Waals surface area contributed by atoms with Gasteiger partial charge in [-0.25, -0.2) is 0 Å². The number of halogens is 1. The van der Waals surface area contributed by atoms with Gasteiger partial charge in [-0.05, 0) is 5.56 Å². The molecule has 1 aromatic rings. The molecule has 0 spiro atoms. The summed E-state index contributed by atoms with van der Waals surface area (Å²) < 4.78 is 29.0. The van der Waals surface area contributed by atoms with Gasteiger partial charge in [0.25, 0.3) is 10.1 Å². The highest BCUT2D eigenvalue weighted by Crippen LogP contribution is 2.14. The van der Waals surface area contributed by atoms with Gasteiger partial charge in [-0.3, -0.25) is 4.55 Å². The molecule has 1 atom stereocenters. The Labute approximate surface area is 85.7 Å². The molecule has 0 aliphatic heterocycles. The highest BCUT2D eigenvalue weighted by molar-refractivity contribution is 9.11. The average Bonchev–Trinajstić information content (AvgIpc) is 2.04. The summed E-state index contributed by atoms with van der Waals surface area (Å²) in [5, 5.41) is 0. The molecule has 0 amide bonds. The summed E-state index contributed by atoms with van der Waals surface area (Å²) in [6.45, 7) is 0. The van der Waals surface area contributed by atoms with Crippen LogP contribution in [0, 0.1) is 0 Å². The largest absolute Gasteiger partial charge is 0.285 e. The fourth-order valence-corrected chi connectivity index (χ4v) is 1.68. The van der Waals surface area contributed by atoms with Gasteiger partial charge in [-0.2, -0.15) is 8.42 Å². The van der Waals surface area contributed by atoms with Gasteiger partial charge in [0.05, 0.1) is 0 Å². The van der Waals surface area contributed by atoms with Crippen LogP contribution in [0.1, 0.15) is 5.56 Å². The molecule has 1 aromatic carbocycles. The van der Waals surface area contributed by atoms with E-state index in [1.807, 2.05) is 18.2 Å². The molecule has 0 heterocycles. The molecule has 0 saturated carbocycles. The fraction of sp³-hybridized carbons (Fsp3) is 0.250. The number of alkyl halides is 1. The molecule has 0 fully saturated rings. The average molecular weight is 265 g/mol. The van der Waals surface area contributed by atoms with Gasteiger partial charge in [-0.1, -0.05) is 46.3 Å². The predicted molar refractivity (Wildman–Crippen MR) is 54.4 cm³/mol. The van der Waals surface area contributed by atoms with Crippen LogP contribution >= 0.6 is 15.9 Å². The molecule has 0 aliphatic rings. The van der Waals surface area contributed by atoms with Crippen LogP contribution < -0.4 is 0 Å². The Morgan fingerprint density at radius 1 is 1.31 bits per heavy atom. The van der Waals surface area contributed by atoms with Gasteiger partial charge < -0.3 is 0 Å². The third-order valence-corrected chi connectivity index (χ3v) is 4.12. The first-order chi connectivity index (χ1) is 6.00. The lowest BCUT2D eigenvalue weighted by Crippen LogP contribution is -2.15. The fourth-order valence-electron chi connectivity index (χ4n) is 0.905. The third-order valence-electron chi connectivity index (χ3n) is 1.56. The zero-order valence-electron chi connectivity index (χ0n) is 6.72. The van der Waals surface area contributed by atoms with Crippen molar-refractivity contribution >= 4 is 26.0 Å². The second-order valence-electron chi connectivity index (χ2n) is 2.61. The zero-order chi connectivity index (χ0) is 9.90. The molecule has 3 nitrogen and oxygen atoms in total. The molecule has 1 N–H and O–H groups in total. The molecule has 0 bridgehead atoms. The maximum Gasteiger partial charge on any atom is 0.278 e. The zero-order valence-corrected chi connectivity index (χ0v) is 9.12. The second-order valence-corrected chi connectivity index (χ2v) is 5.93. The second kappa shape index (κ2) is 4.21. The molecule has 5 heteroatoms. The first-order valence-electron chi connectivity index (χ1n) is 3.64. The Morgan fingerprint density at radius 3 is 2.31 bits per heavy atom. The smallest absolute Gasteiger partial charge is 0.278 e. The van der Waals surface area contributed by atoms with Crippen molar-refractivity contribution in [3.05, 3.63) is 35.9 Å². The highest BCUT2D eigenvalue weighted by atomic mass is 79.9. The van der Waals surface area contributed by atoms with Gasteiger partial charge in [0.15, 0.2) is 0 Å². The van der Waals surface area contributed by atoms with E-state index in [1.54, 1.807) is 12.1 Å². The Bertz CT molecular complexity index is 360. The summed E-state index contributed by atoms with van der Waals surface area (Å²) in [6, 6.07) is 9.09. The molecule has 72 valence electrons. The lowest BCUT2D eigenvalue weighted by Gasteiger charge is -2.05. The number of hydrogen-bond donors (Lipinski definition) is 1. The van der Waals surface area contributed by atoms with Crippen LogP contribution in [0.3, 0.4) is 0 Å². The predicted octanol–water partition coefficient (Wildman–Crippen LogP) is 1.84. The van der Waals surface area contributed by atoms with E-state index in [2.05, 4.69) is 15.9 Å². The van der Waals surface area contributed by atoms with Crippen LogP contribution in [0.25, 0.3) is 0 Å². The van der Waals surface area contributed by atoms with E-state index < -0.39 is 14.3 Å². The lowest BCUT2D eigenvalue weighted by molar-refractivity contribution is 0.480. The normalized spacial score (nSPS) is 14.0. The van der Waals surface area contributed by atoms with Gasteiger partial charge >= 0.3 is 0 Å². The van der Waals surface area contributed by atoms with E-state index in [-0.39, 0.29) is 6.42 Å². The summed E-state index contributed by atoms with van der Waals surface area (Å²) in [5.41, 5.74) is 0.863. The summed E-state index contributed by atoms with van der Waals surface area (Å²) in [6.07, 6.45) is 0.264. The van der Waals surface area contributed by atoms with E-state index in [0.717, 1.165) is 5.56 Å². The lowest BCUT2D eigenvalue weighted by atomic mass is 10.2. The van der Waals surface area contributed by atoms with Crippen LogP contribution in [0.15, 0.2) is 30.3 Å². The maximum absolute atomic E-state index is 10.6. The SMILES string of the molecule is O=S(=O)(O)C(Br)Cc1ccccc1. The van der Waals surface area contributed by atoms with Crippen molar-refractivity contribution in [3.8, 4) is 0 Å². The van der Waals surface area contributed by atoms with E-state index in [1.165, 1.54) is 0 Å². The Morgan fingerprint density at radius 2 is 1.85 bits per heavy atom. The van der Waals surface area contributed by atoms with Crippen LogP contribution in [0.4, 0.5) is 0 Å². The van der Waals surface area contributed by atoms with Crippen molar-refractivity contribution in [2.75, 3.05) is 0 Å². The van der Waals surface area contributed by atoms with Gasteiger partial charge in [0, 0.05) is 6.42 Å². The molecular weight excluding hydrogens is 256 g/mol. The van der Waals surface area contributed by atoms with Crippen molar-refractivity contribution < 1.29 is 13.0 Å². The maximum atomic E-state index is 10.6. The molecule has 0 aliphatic carbocycles. The van der Waals surface area contributed by atoms with Gasteiger partial charge in [0.1, 0.15) is 4.16 Å². The Balaban J connectivity index is 2.72. The molecule has 13 heavy (non-hydrogen) atoms. The van der Waals surface area contributed by atoms with E-state index in [4.69, 9.17) is 4.55 Å². The van der Waals surface area contributed by atoms with Crippen molar-refractivity contribution in [3.63, 3.8) is 0 Å². The topological polar surface area (TPSA) is 54.4 Å². The van der Waals surface area contributed by atoms with Crippen LogP contribution in [0.5, 0.6) is 0 Å². The minimum atomic E-state index is -3.98. The van der Waals surface area contributed by atoms with Crippen molar-refractivity contribution in [2.45, 2.75) is 10.6 Å². The Kier molecular flexibility index (Phi) is 3.47. The highest BCUT2D eigenvalue weighted by Gasteiger charge is 2.19. The van der Waals surface area contributed by atoms with Gasteiger partial charge in [0.2, 0.25) is 0 Å². The molecule has 1 unspecified atom stereocenters. The summed E-state index contributed by atoms with van der Waals surface area (Å²) in [7, 11) is -3.98. The van der Waals surface area contributed by atoms with E-state index in [9.17, 15) is 8.42 Å². The molecule has 0 saturated heterocycles. The van der Waals surface area contributed by atoms with Crippen molar-refractivity contribution in [1.29, 1.82) is 0 Å². The number of benzene rings is 1. The quantitative estimate of drug-likeness (QED) is 0.670. The molecule has 0 radical (unpaired) electrons. The molecule has 0 aromatic heterocycles. The molecular formula is C8H9BrO3S. The number of rotatable bonds is 3. The monoisotopic (exact) mass is 264 g/mol. The summed E-state index contributed by atoms with van der Waals surface area (Å²) in [5.74, 6) is 0. The van der Waals surface area contributed by atoms with Gasteiger partial charge in [-0.15, -0.1) is 0 Å². The Hall–Kier alpha value is -0.390. The van der Waals surface area contributed by atoms with Crippen LogP contribution in [-0.4, -0.2) is 17.1 Å². The number of hydrogen-bond acceptors (Lipinski definition) is 2. The van der Waals surface area contributed by atoms with Crippen molar-refractivity contribution in [1.82, 2.24) is 0 Å². The van der Waals surface area contributed by atoms with E-state index in [0.29, 0.717) is 0 Å². The minimum absolute atomic E-state index is 0.264. The standard InChI is InChI=1S/C8H9BrO3S/c9-8(13(10,11)12)6-7-4-2-1-3-5-7/h1-5,8H,6H2,(H,10,11,12). The third kappa shape index (κ3) is 3.46. The first-order valence-corrected chi connectivity index (χ1v) is 6.06. The van der Waals surface area contributed by atoms with Crippen molar-refractivity contribution in [2.24, 2.45) is 0 Å². The van der Waals surface area contributed by atoms with Crippen LogP contribution in [-0.2, 0) is 16.5 Å². The minimum Gasteiger partial charge on any atom is -0.285 e. The summed E-state index contributed by atoms with van der Waals surface area (Å²) in [4.78, 5) is 0. The van der Waals surface area contributed by atoms with Crippen LogP contribution in [0.2, 0.25) is 0 Å². The molecule has 1 rings (SSSR count). The summed E-state index contributed by atoms with van der Waals surface area (Å²) >= 11 is 2.90. The van der Waals surface area contributed by atoms with E-state index >= 15 is 0 Å².